The molecule has 0 spiro atoms. The molecule has 1 aliphatic rings. The number of amides is 1. The van der Waals surface area contributed by atoms with Gasteiger partial charge in [-0.3, -0.25) is 9.78 Å². The summed E-state index contributed by atoms with van der Waals surface area (Å²) in [5, 5.41) is 16.4. The highest BCUT2D eigenvalue weighted by atomic mass is 32.1. The minimum absolute atomic E-state index is 0.108. The molecule has 0 unspecified atom stereocenters. The van der Waals surface area contributed by atoms with E-state index in [4.69, 9.17) is 12.2 Å². The third-order valence-electron chi connectivity index (χ3n) is 6.53. The normalized spacial score (nSPS) is 16.8. The third kappa shape index (κ3) is 5.28. The Morgan fingerprint density at radius 3 is 2.66 bits per heavy atom. The molecule has 3 N–H and O–H groups in total. The Morgan fingerprint density at radius 1 is 1.05 bits per heavy atom. The summed E-state index contributed by atoms with van der Waals surface area (Å²) in [4.78, 5) is 31.0. The second kappa shape index (κ2) is 10.9. The molecule has 8 nitrogen and oxygen atoms in total. The van der Waals surface area contributed by atoms with Crippen molar-refractivity contribution in [2.45, 2.75) is 25.4 Å². The number of anilines is 1. The molecule has 4 aromatic rings. The summed E-state index contributed by atoms with van der Waals surface area (Å²) < 4.78 is 1.96. The van der Waals surface area contributed by atoms with Crippen LogP contribution < -0.4 is 10.6 Å². The monoisotopic (exact) mass is 525 g/mol. The van der Waals surface area contributed by atoms with Gasteiger partial charge in [-0.05, 0) is 79.3 Å². The van der Waals surface area contributed by atoms with E-state index in [1.54, 1.807) is 24.4 Å². The van der Waals surface area contributed by atoms with Gasteiger partial charge >= 0.3 is 5.97 Å². The molecule has 192 valence electrons. The maximum Gasteiger partial charge on any atom is 0.335 e. The first-order valence-electron chi connectivity index (χ1n) is 12.3. The number of nitrogens with one attached hydrogen (secondary N) is 2. The molecule has 2 aromatic heterocycles. The van der Waals surface area contributed by atoms with Crippen molar-refractivity contribution in [1.29, 1.82) is 0 Å². The number of carbonyl (C=O) groups excluding carboxylic acids is 1. The number of rotatable bonds is 8. The summed E-state index contributed by atoms with van der Waals surface area (Å²) in [6.07, 6.45) is 3.87. The molecule has 3 heterocycles. The number of thiocarbonyl (C=S) groups is 1. The van der Waals surface area contributed by atoms with E-state index in [0.29, 0.717) is 11.7 Å². The molecule has 1 aliphatic heterocycles. The molecular weight excluding hydrogens is 498 g/mol. The molecule has 0 radical (unpaired) electrons. The van der Waals surface area contributed by atoms with Crippen LogP contribution in [0.25, 0.3) is 5.69 Å². The molecule has 0 bridgehead atoms. The van der Waals surface area contributed by atoms with Crippen LogP contribution in [-0.4, -0.2) is 43.1 Å². The zero-order valence-corrected chi connectivity index (χ0v) is 21.6. The first-order valence-corrected chi connectivity index (χ1v) is 12.7. The van der Waals surface area contributed by atoms with Crippen molar-refractivity contribution in [3.8, 4) is 5.69 Å². The highest BCUT2D eigenvalue weighted by molar-refractivity contribution is 7.80. The van der Waals surface area contributed by atoms with Gasteiger partial charge in [0.05, 0.1) is 23.3 Å². The van der Waals surface area contributed by atoms with Gasteiger partial charge in [0.15, 0.2) is 5.11 Å². The van der Waals surface area contributed by atoms with Crippen LogP contribution >= 0.6 is 12.2 Å². The zero-order chi connectivity index (χ0) is 26.6. The predicted octanol–water partition coefficient (Wildman–Crippen LogP) is 4.88. The van der Waals surface area contributed by atoms with E-state index in [9.17, 15) is 14.7 Å². The Labute approximate surface area is 225 Å². The van der Waals surface area contributed by atoms with Gasteiger partial charge in [-0.15, -0.1) is 0 Å². The Kier molecular flexibility index (Phi) is 7.19. The standard InChI is InChI=1S/C29H27N5O3S/c1-19-7-4-9-21(17-19)31-25(35)13-16-34-27(26(32-29(34)38)23-11-2-3-14-30-23)24-12-6-15-33(24)22-10-5-8-20(18-22)28(36)37/h2-12,14-15,17-18,26-27H,13,16H2,1H3,(H,31,35)(H,32,38)(H,36,37)/t26-,27-/m0/s1. The summed E-state index contributed by atoms with van der Waals surface area (Å²) >= 11 is 5.75. The molecule has 0 aliphatic carbocycles. The number of hydrogen-bond donors (Lipinski definition) is 3. The largest absolute Gasteiger partial charge is 0.478 e. The van der Waals surface area contributed by atoms with Crippen molar-refractivity contribution in [1.82, 2.24) is 19.8 Å². The Balaban J connectivity index is 1.46. The number of benzene rings is 2. The molecule has 9 heteroatoms. The number of carboxylic acid groups (broad SMARTS) is 1. The number of pyridine rings is 1. The van der Waals surface area contributed by atoms with Crippen LogP contribution in [0.1, 0.15) is 45.8 Å². The van der Waals surface area contributed by atoms with Crippen LogP contribution in [0.15, 0.2) is 91.3 Å². The average molecular weight is 526 g/mol. The number of aromatic nitrogens is 2. The SMILES string of the molecule is Cc1cccc(NC(=O)CCN2C(=S)N[C@@H](c3ccccn3)[C@@H]2c2cccn2-c2cccc(C(=O)O)c2)c1. The maximum atomic E-state index is 12.8. The first-order chi connectivity index (χ1) is 18.4. The number of nitrogens with zero attached hydrogens (tertiary/aromatic N) is 3. The number of hydrogen-bond acceptors (Lipinski definition) is 4. The van der Waals surface area contributed by atoms with Crippen LogP contribution in [0, 0.1) is 6.92 Å². The Bertz CT molecular complexity index is 1490. The van der Waals surface area contributed by atoms with Crippen molar-refractivity contribution in [3.63, 3.8) is 0 Å². The smallest absolute Gasteiger partial charge is 0.335 e. The average Bonchev–Trinajstić information content (AvgIpc) is 3.52. The lowest BCUT2D eigenvalue weighted by Gasteiger charge is -2.29. The van der Waals surface area contributed by atoms with Crippen molar-refractivity contribution in [2.24, 2.45) is 0 Å². The van der Waals surface area contributed by atoms with E-state index in [2.05, 4.69) is 15.6 Å². The van der Waals surface area contributed by atoms with Crippen LogP contribution in [0.3, 0.4) is 0 Å². The predicted molar refractivity (Wildman–Crippen MR) is 149 cm³/mol. The summed E-state index contributed by atoms with van der Waals surface area (Å²) in [6, 6.07) is 23.6. The molecular formula is C29H27N5O3S. The molecule has 0 saturated carbocycles. The highest BCUT2D eigenvalue weighted by Gasteiger charge is 2.41. The van der Waals surface area contributed by atoms with E-state index in [-0.39, 0.29) is 30.0 Å². The summed E-state index contributed by atoms with van der Waals surface area (Å²) in [5.41, 5.74) is 4.46. The quantitative estimate of drug-likeness (QED) is 0.282. The van der Waals surface area contributed by atoms with Gasteiger partial charge in [0.2, 0.25) is 5.91 Å². The minimum atomic E-state index is -0.989. The van der Waals surface area contributed by atoms with Crippen molar-refractivity contribution < 1.29 is 14.7 Å². The first kappa shape index (κ1) is 25.2. The van der Waals surface area contributed by atoms with E-state index in [1.807, 2.05) is 83.3 Å². The lowest BCUT2D eigenvalue weighted by molar-refractivity contribution is -0.116. The fourth-order valence-electron chi connectivity index (χ4n) is 4.80. The maximum absolute atomic E-state index is 12.8. The van der Waals surface area contributed by atoms with Gasteiger partial charge < -0.3 is 25.2 Å². The van der Waals surface area contributed by atoms with Crippen LogP contribution in [-0.2, 0) is 4.79 Å². The second-order valence-electron chi connectivity index (χ2n) is 9.15. The highest BCUT2D eigenvalue weighted by Crippen LogP contribution is 2.39. The zero-order valence-electron chi connectivity index (χ0n) is 20.7. The fraction of sp³-hybridized carbons (Fsp3) is 0.172. The summed E-state index contributed by atoms with van der Waals surface area (Å²) in [6.45, 7) is 2.37. The minimum Gasteiger partial charge on any atom is -0.478 e. The summed E-state index contributed by atoms with van der Waals surface area (Å²) in [7, 11) is 0. The van der Waals surface area contributed by atoms with Crippen molar-refractivity contribution >= 4 is 34.9 Å². The van der Waals surface area contributed by atoms with Gasteiger partial charge in [-0.2, -0.15) is 0 Å². The van der Waals surface area contributed by atoms with Gasteiger partial charge in [0.1, 0.15) is 0 Å². The summed E-state index contributed by atoms with van der Waals surface area (Å²) in [5.74, 6) is -1.10. The van der Waals surface area contributed by atoms with Crippen molar-refractivity contribution in [2.75, 3.05) is 11.9 Å². The topological polar surface area (TPSA) is 99.5 Å². The lowest BCUT2D eigenvalue weighted by Crippen LogP contribution is -2.33. The van der Waals surface area contributed by atoms with Gasteiger partial charge in [0.25, 0.3) is 0 Å². The van der Waals surface area contributed by atoms with E-state index in [0.717, 1.165) is 28.3 Å². The van der Waals surface area contributed by atoms with Crippen LogP contribution in [0.5, 0.6) is 0 Å². The van der Waals surface area contributed by atoms with Crippen LogP contribution in [0.4, 0.5) is 5.69 Å². The molecule has 5 rings (SSSR count). The second-order valence-corrected chi connectivity index (χ2v) is 9.53. The molecule has 38 heavy (non-hydrogen) atoms. The van der Waals surface area contributed by atoms with Crippen LogP contribution in [0.2, 0.25) is 0 Å². The number of carboxylic acids is 1. The van der Waals surface area contributed by atoms with Gasteiger partial charge in [-0.25, -0.2) is 4.79 Å². The van der Waals surface area contributed by atoms with E-state index >= 15 is 0 Å². The molecule has 1 saturated heterocycles. The van der Waals surface area contributed by atoms with Gasteiger partial charge in [0, 0.05) is 42.4 Å². The molecule has 1 fully saturated rings. The molecule has 2 atom stereocenters. The molecule has 2 aromatic carbocycles. The fourth-order valence-corrected chi connectivity index (χ4v) is 5.13. The lowest BCUT2D eigenvalue weighted by atomic mass is 10.0. The van der Waals surface area contributed by atoms with Gasteiger partial charge in [-0.1, -0.05) is 24.3 Å². The van der Waals surface area contributed by atoms with E-state index in [1.165, 1.54) is 0 Å². The third-order valence-corrected chi connectivity index (χ3v) is 6.89. The van der Waals surface area contributed by atoms with Crippen molar-refractivity contribution in [3.05, 3.63) is 114 Å². The number of aryl methyl sites for hydroxylation is 1. The Morgan fingerprint density at radius 2 is 1.89 bits per heavy atom. The number of aromatic carboxylic acids is 1. The molecule has 1 amide bonds. The Hall–Kier alpha value is -4.50. The van der Waals surface area contributed by atoms with E-state index < -0.39 is 5.97 Å². The number of carbonyl (C=O) groups is 2.